The number of imidazole rings is 1. The molecule has 0 saturated heterocycles. The van der Waals surface area contributed by atoms with Crippen LogP contribution in [0.1, 0.15) is 18.8 Å². The van der Waals surface area contributed by atoms with Gasteiger partial charge in [0.15, 0.2) is 17.3 Å². The molecule has 0 aliphatic carbocycles. The lowest BCUT2D eigenvalue weighted by molar-refractivity contribution is 0.569. The predicted molar refractivity (Wildman–Crippen MR) is 112 cm³/mol. The molecular weight excluding hydrogens is 394 g/mol. The SMILES string of the molecule is C[C@H](Nc1ncnn2ccnc12)c1nc2cccc(Cl)c2c(=O)n1N(C)CCN. The van der Waals surface area contributed by atoms with Crippen molar-refractivity contribution in [1.82, 2.24) is 29.2 Å². The Morgan fingerprint density at radius 2 is 2.17 bits per heavy atom. The van der Waals surface area contributed by atoms with Crippen LogP contribution in [0.5, 0.6) is 0 Å². The van der Waals surface area contributed by atoms with Crippen molar-refractivity contribution < 1.29 is 0 Å². The highest BCUT2D eigenvalue weighted by atomic mass is 35.5. The van der Waals surface area contributed by atoms with Gasteiger partial charge in [-0.2, -0.15) is 5.10 Å². The summed E-state index contributed by atoms with van der Waals surface area (Å²) in [7, 11) is 1.78. The molecule has 29 heavy (non-hydrogen) atoms. The van der Waals surface area contributed by atoms with E-state index in [-0.39, 0.29) is 11.6 Å². The molecule has 0 aliphatic heterocycles. The number of nitrogens with one attached hydrogen (secondary N) is 1. The quantitative estimate of drug-likeness (QED) is 0.483. The van der Waals surface area contributed by atoms with E-state index in [1.54, 1.807) is 47.2 Å². The summed E-state index contributed by atoms with van der Waals surface area (Å²) >= 11 is 6.29. The third kappa shape index (κ3) is 3.36. The number of anilines is 1. The number of hydrogen-bond acceptors (Lipinski definition) is 8. The summed E-state index contributed by atoms with van der Waals surface area (Å²) in [6, 6.07) is 4.84. The fourth-order valence-electron chi connectivity index (χ4n) is 3.22. The minimum atomic E-state index is -0.373. The molecule has 1 atom stereocenters. The number of likely N-dealkylation sites (N-methyl/N-ethyl adjacent to an activating group) is 1. The molecule has 4 rings (SSSR count). The number of nitrogens with zero attached hydrogens (tertiary/aromatic N) is 7. The molecule has 0 fully saturated rings. The van der Waals surface area contributed by atoms with Crippen LogP contribution < -0.4 is 21.6 Å². The number of aromatic nitrogens is 6. The van der Waals surface area contributed by atoms with Crippen molar-refractivity contribution in [3.8, 4) is 0 Å². The monoisotopic (exact) mass is 413 g/mol. The number of fused-ring (bicyclic) bond motifs is 2. The van der Waals surface area contributed by atoms with Crippen molar-refractivity contribution >= 4 is 34.0 Å². The Hall–Kier alpha value is -3.24. The zero-order valence-electron chi connectivity index (χ0n) is 15.9. The van der Waals surface area contributed by atoms with Gasteiger partial charge in [0.2, 0.25) is 0 Å². The third-order valence-corrected chi connectivity index (χ3v) is 4.90. The number of hydrogen-bond donors (Lipinski definition) is 2. The fraction of sp³-hybridized carbons (Fsp3) is 0.278. The van der Waals surface area contributed by atoms with Crippen LogP contribution in [0.15, 0.2) is 41.7 Å². The summed E-state index contributed by atoms with van der Waals surface area (Å²) in [4.78, 5) is 26.6. The van der Waals surface area contributed by atoms with Gasteiger partial charge in [-0.25, -0.2) is 24.1 Å². The number of halogens is 1. The van der Waals surface area contributed by atoms with Gasteiger partial charge in [0, 0.05) is 32.5 Å². The van der Waals surface area contributed by atoms with Gasteiger partial charge in [0.05, 0.1) is 22.0 Å². The topological polar surface area (TPSA) is 119 Å². The first-order valence-corrected chi connectivity index (χ1v) is 9.42. The highest BCUT2D eigenvalue weighted by Gasteiger charge is 2.21. The van der Waals surface area contributed by atoms with E-state index in [0.717, 1.165) is 0 Å². The average Bonchev–Trinajstić information content (AvgIpc) is 3.17. The smallest absolute Gasteiger partial charge is 0.281 e. The summed E-state index contributed by atoms with van der Waals surface area (Å²) < 4.78 is 3.12. The summed E-state index contributed by atoms with van der Waals surface area (Å²) in [5, 5.41) is 9.85. The van der Waals surface area contributed by atoms with Gasteiger partial charge in [-0.15, -0.1) is 0 Å². The first kappa shape index (κ1) is 19.1. The van der Waals surface area contributed by atoms with Crippen LogP contribution in [0.2, 0.25) is 5.02 Å². The summed E-state index contributed by atoms with van der Waals surface area (Å²) in [6.45, 7) is 2.74. The van der Waals surface area contributed by atoms with Crippen LogP contribution in [-0.4, -0.2) is 49.4 Å². The van der Waals surface area contributed by atoms with Crippen LogP contribution in [-0.2, 0) is 0 Å². The number of benzene rings is 1. The van der Waals surface area contributed by atoms with Gasteiger partial charge >= 0.3 is 0 Å². The zero-order valence-corrected chi connectivity index (χ0v) is 16.7. The van der Waals surface area contributed by atoms with Crippen molar-refractivity contribution in [3.63, 3.8) is 0 Å². The van der Waals surface area contributed by atoms with Crippen LogP contribution in [0.4, 0.5) is 5.82 Å². The second kappa shape index (κ2) is 7.64. The summed E-state index contributed by atoms with van der Waals surface area (Å²) in [5.41, 5.74) is 6.56. The number of nitrogens with two attached hydrogens (primary N) is 1. The fourth-order valence-corrected chi connectivity index (χ4v) is 3.47. The van der Waals surface area contributed by atoms with Gasteiger partial charge in [-0.1, -0.05) is 17.7 Å². The lowest BCUT2D eigenvalue weighted by atomic mass is 10.2. The maximum atomic E-state index is 13.3. The van der Waals surface area contributed by atoms with Crippen LogP contribution in [0.3, 0.4) is 0 Å². The van der Waals surface area contributed by atoms with E-state index in [0.29, 0.717) is 46.3 Å². The Kier molecular flexibility index (Phi) is 5.03. The van der Waals surface area contributed by atoms with Crippen molar-refractivity contribution in [1.29, 1.82) is 0 Å². The van der Waals surface area contributed by atoms with E-state index in [1.165, 1.54) is 11.0 Å². The number of rotatable bonds is 6. The first-order valence-electron chi connectivity index (χ1n) is 9.04. The normalized spacial score (nSPS) is 12.4. The van der Waals surface area contributed by atoms with Crippen molar-refractivity contribution in [3.05, 3.63) is 58.1 Å². The molecular formula is C18H20ClN9O. The minimum absolute atomic E-state index is 0.256. The van der Waals surface area contributed by atoms with Crippen LogP contribution in [0.25, 0.3) is 16.6 Å². The molecule has 3 aromatic heterocycles. The summed E-state index contributed by atoms with van der Waals surface area (Å²) in [5.74, 6) is 1.04. The van der Waals surface area contributed by atoms with E-state index in [4.69, 9.17) is 22.3 Å². The van der Waals surface area contributed by atoms with Crippen molar-refractivity contribution in [2.24, 2.45) is 5.73 Å². The van der Waals surface area contributed by atoms with Crippen LogP contribution >= 0.6 is 11.6 Å². The maximum Gasteiger partial charge on any atom is 0.281 e. The lowest BCUT2D eigenvalue weighted by Gasteiger charge is -2.27. The molecule has 4 aromatic rings. The largest absolute Gasteiger partial charge is 0.357 e. The van der Waals surface area contributed by atoms with Crippen molar-refractivity contribution in [2.75, 3.05) is 30.5 Å². The van der Waals surface area contributed by atoms with E-state index in [1.807, 2.05) is 6.92 Å². The highest BCUT2D eigenvalue weighted by molar-refractivity contribution is 6.35. The Bertz CT molecular complexity index is 1240. The molecule has 1 aromatic carbocycles. The second-order valence-electron chi connectivity index (χ2n) is 6.56. The van der Waals surface area contributed by atoms with E-state index in [9.17, 15) is 4.79 Å². The molecule has 3 N–H and O–H groups in total. The molecule has 0 unspecified atom stereocenters. The molecule has 11 heteroatoms. The summed E-state index contributed by atoms with van der Waals surface area (Å²) in [6.07, 6.45) is 4.81. The predicted octanol–water partition coefficient (Wildman–Crippen LogP) is 1.19. The van der Waals surface area contributed by atoms with Crippen molar-refractivity contribution in [2.45, 2.75) is 13.0 Å². The van der Waals surface area contributed by atoms with E-state index < -0.39 is 0 Å². The molecule has 10 nitrogen and oxygen atoms in total. The highest BCUT2D eigenvalue weighted by Crippen LogP contribution is 2.23. The third-order valence-electron chi connectivity index (χ3n) is 4.58. The first-order chi connectivity index (χ1) is 14.0. The molecule has 3 heterocycles. The van der Waals surface area contributed by atoms with Crippen LogP contribution in [0, 0.1) is 0 Å². The standard InChI is InChI=1S/C18H20ClN9O/c1-11(24-15-17-21-7-9-27(17)23-10-22-15)16-25-13-5-3-4-12(19)14(13)18(29)28(16)26(2)8-6-20/h3-5,7,9-11H,6,8,20H2,1-2H3,(H,22,23,24)/t11-/m0/s1. The molecule has 0 saturated carbocycles. The van der Waals surface area contributed by atoms with Gasteiger partial charge in [-0.3, -0.25) is 4.79 Å². The molecule has 150 valence electrons. The molecule has 0 spiro atoms. The molecule has 0 aliphatic rings. The zero-order chi connectivity index (χ0) is 20.5. The van der Waals surface area contributed by atoms with Gasteiger partial charge < -0.3 is 16.1 Å². The van der Waals surface area contributed by atoms with E-state index >= 15 is 0 Å². The molecule has 0 radical (unpaired) electrons. The Labute approximate surface area is 170 Å². The maximum absolute atomic E-state index is 13.3. The van der Waals surface area contributed by atoms with E-state index in [2.05, 4.69) is 20.4 Å². The Morgan fingerprint density at radius 1 is 1.34 bits per heavy atom. The molecule has 0 bridgehead atoms. The Balaban J connectivity index is 1.86. The Morgan fingerprint density at radius 3 is 2.97 bits per heavy atom. The minimum Gasteiger partial charge on any atom is -0.357 e. The second-order valence-corrected chi connectivity index (χ2v) is 6.97. The van der Waals surface area contributed by atoms with Gasteiger partial charge in [0.25, 0.3) is 5.56 Å². The average molecular weight is 414 g/mol. The van der Waals surface area contributed by atoms with Gasteiger partial charge in [-0.05, 0) is 19.1 Å². The molecule has 0 amide bonds. The van der Waals surface area contributed by atoms with Gasteiger partial charge in [0.1, 0.15) is 6.33 Å². The lowest BCUT2D eigenvalue weighted by Crippen LogP contribution is -2.45.